The van der Waals surface area contributed by atoms with Gasteiger partial charge in [0.25, 0.3) is 0 Å². The van der Waals surface area contributed by atoms with Crippen molar-refractivity contribution in [3.8, 4) is 0 Å². The quantitative estimate of drug-likeness (QED) is 0.609. The lowest BCUT2D eigenvalue weighted by Crippen LogP contribution is -2.38. The predicted molar refractivity (Wildman–Crippen MR) is 79.3 cm³/mol. The lowest BCUT2D eigenvalue weighted by atomic mass is 9.87. The number of nitrogens with zero attached hydrogens (tertiary/aromatic N) is 1. The molecule has 118 valence electrons. The van der Waals surface area contributed by atoms with E-state index in [9.17, 15) is 14.4 Å². The Balaban J connectivity index is 2.45. The number of rotatable bonds is 5. The van der Waals surface area contributed by atoms with Gasteiger partial charge in [-0.3, -0.25) is 14.4 Å². The van der Waals surface area contributed by atoms with Crippen LogP contribution in [0.3, 0.4) is 0 Å². The van der Waals surface area contributed by atoms with Crippen LogP contribution >= 0.6 is 0 Å². The van der Waals surface area contributed by atoms with E-state index in [1.54, 1.807) is 45.2 Å². The number of fused-ring (bicyclic) bond motifs is 1. The fraction of sp³-hybridized carbons (Fsp3) is 0.438. The lowest BCUT2D eigenvalue weighted by Gasteiger charge is -2.19. The Morgan fingerprint density at radius 1 is 1.14 bits per heavy atom. The number of esters is 2. The van der Waals surface area contributed by atoms with Crippen molar-refractivity contribution in [3.63, 3.8) is 0 Å². The molecule has 0 unspecified atom stereocenters. The van der Waals surface area contributed by atoms with Gasteiger partial charge in [0.2, 0.25) is 5.91 Å². The van der Waals surface area contributed by atoms with Crippen molar-refractivity contribution in [2.24, 2.45) is 5.92 Å². The molecule has 6 heteroatoms. The molecule has 1 aliphatic rings. The summed E-state index contributed by atoms with van der Waals surface area (Å²) in [6.07, 6.45) is 0. The van der Waals surface area contributed by atoms with E-state index >= 15 is 0 Å². The number of benzene rings is 1. The van der Waals surface area contributed by atoms with E-state index in [2.05, 4.69) is 0 Å². The molecule has 0 bridgehead atoms. The maximum Gasteiger partial charge on any atom is 0.321 e. The molecule has 1 amide bonds. The second-order valence-corrected chi connectivity index (χ2v) is 4.92. The maximum absolute atomic E-state index is 12.5. The highest BCUT2D eigenvalue weighted by Gasteiger charge is 2.48. The van der Waals surface area contributed by atoms with Gasteiger partial charge in [-0.1, -0.05) is 18.2 Å². The second-order valence-electron chi connectivity index (χ2n) is 4.92. The second kappa shape index (κ2) is 6.60. The number of hydrogen-bond donors (Lipinski definition) is 0. The third kappa shape index (κ3) is 2.68. The third-order valence-corrected chi connectivity index (χ3v) is 3.64. The monoisotopic (exact) mass is 305 g/mol. The summed E-state index contributed by atoms with van der Waals surface area (Å²) in [4.78, 5) is 38.4. The van der Waals surface area contributed by atoms with Crippen molar-refractivity contribution in [3.05, 3.63) is 29.8 Å². The van der Waals surface area contributed by atoms with Gasteiger partial charge in [0, 0.05) is 12.7 Å². The van der Waals surface area contributed by atoms with Gasteiger partial charge in [-0.2, -0.15) is 0 Å². The molecule has 1 aromatic rings. The molecular weight excluding hydrogens is 286 g/mol. The summed E-state index contributed by atoms with van der Waals surface area (Å²) in [5.41, 5.74) is 1.33. The van der Waals surface area contributed by atoms with Crippen molar-refractivity contribution in [1.29, 1.82) is 0 Å². The zero-order valence-corrected chi connectivity index (χ0v) is 12.9. The van der Waals surface area contributed by atoms with Crippen LogP contribution in [0, 0.1) is 5.92 Å². The SMILES string of the molecule is CCOC(=O)C(C(=O)OCC)[C@H]1C(=O)N(C)c2ccccc21. The summed E-state index contributed by atoms with van der Waals surface area (Å²) in [5, 5.41) is 0. The normalized spacial score (nSPS) is 16.6. The third-order valence-electron chi connectivity index (χ3n) is 3.64. The largest absolute Gasteiger partial charge is 0.465 e. The fourth-order valence-corrected chi connectivity index (χ4v) is 2.67. The van der Waals surface area contributed by atoms with E-state index in [1.165, 1.54) is 4.90 Å². The Kier molecular flexibility index (Phi) is 4.80. The molecule has 22 heavy (non-hydrogen) atoms. The number of ether oxygens (including phenoxy) is 2. The molecular formula is C16H19NO5. The highest BCUT2D eigenvalue weighted by atomic mass is 16.6. The molecule has 1 atom stereocenters. The van der Waals surface area contributed by atoms with Crippen LogP contribution < -0.4 is 4.90 Å². The van der Waals surface area contributed by atoms with Gasteiger partial charge in [0.1, 0.15) is 0 Å². The first-order valence-electron chi connectivity index (χ1n) is 7.22. The number of para-hydroxylation sites is 1. The van der Waals surface area contributed by atoms with Gasteiger partial charge in [-0.15, -0.1) is 0 Å². The lowest BCUT2D eigenvalue weighted by molar-refractivity contribution is -0.164. The number of hydrogen-bond acceptors (Lipinski definition) is 5. The number of carbonyl (C=O) groups excluding carboxylic acids is 3. The molecule has 0 spiro atoms. The first-order chi connectivity index (χ1) is 10.5. The maximum atomic E-state index is 12.5. The summed E-state index contributed by atoms with van der Waals surface area (Å²) in [6, 6.07) is 7.09. The zero-order valence-electron chi connectivity index (χ0n) is 12.9. The number of amides is 1. The Labute approximate surface area is 129 Å². The Hall–Kier alpha value is -2.37. The molecule has 1 aliphatic heterocycles. The van der Waals surface area contributed by atoms with E-state index in [4.69, 9.17) is 9.47 Å². The minimum atomic E-state index is -1.28. The first kappa shape index (κ1) is 16.0. The highest BCUT2D eigenvalue weighted by molar-refractivity contribution is 6.11. The first-order valence-corrected chi connectivity index (χ1v) is 7.22. The van der Waals surface area contributed by atoms with Crippen LogP contribution in [0.4, 0.5) is 5.69 Å². The Morgan fingerprint density at radius 3 is 2.23 bits per heavy atom. The van der Waals surface area contributed by atoms with E-state index in [-0.39, 0.29) is 19.1 Å². The van der Waals surface area contributed by atoms with Crippen LogP contribution in [-0.4, -0.2) is 38.1 Å². The zero-order chi connectivity index (χ0) is 16.3. The predicted octanol–water partition coefficient (Wildman–Crippen LogP) is 1.49. The van der Waals surface area contributed by atoms with Crippen molar-refractivity contribution >= 4 is 23.5 Å². The summed E-state index contributed by atoms with van der Waals surface area (Å²) in [6.45, 7) is 3.56. The van der Waals surface area contributed by atoms with Gasteiger partial charge >= 0.3 is 11.9 Å². The highest BCUT2D eigenvalue weighted by Crippen LogP contribution is 2.41. The molecule has 1 heterocycles. The van der Waals surface area contributed by atoms with E-state index in [0.29, 0.717) is 11.3 Å². The van der Waals surface area contributed by atoms with Crippen molar-refractivity contribution in [2.75, 3.05) is 25.2 Å². The van der Waals surface area contributed by atoms with Crippen LogP contribution in [0.1, 0.15) is 25.3 Å². The standard InChI is InChI=1S/C16H19NO5/c1-4-21-15(19)13(16(20)22-5-2)12-10-8-6-7-9-11(10)17(3)14(12)18/h6-9,12-13H,4-5H2,1-3H3/t12-/m0/s1. The van der Waals surface area contributed by atoms with Gasteiger partial charge < -0.3 is 14.4 Å². The summed E-state index contributed by atoms with van der Waals surface area (Å²) in [7, 11) is 1.62. The molecule has 0 fully saturated rings. The Bertz CT molecular complexity index is 580. The van der Waals surface area contributed by atoms with E-state index in [0.717, 1.165) is 0 Å². The molecule has 2 rings (SSSR count). The molecule has 0 aromatic heterocycles. The van der Waals surface area contributed by atoms with Gasteiger partial charge in [0.05, 0.1) is 19.1 Å². The molecule has 1 aromatic carbocycles. The van der Waals surface area contributed by atoms with Gasteiger partial charge in [0.15, 0.2) is 5.92 Å². The van der Waals surface area contributed by atoms with Gasteiger partial charge in [-0.25, -0.2) is 0 Å². The molecule has 6 nitrogen and oxygen atoms in total. The fourth-order valence-electron chi connectivity index (χ4n) is 2.67. The molecule has 0 radical (unpaired) electrons. The van der Waals surface area contributed by atoms with Crippen LogP contribution in [0.25, 0.3) is 0 Å². The number of anilines is 1. The average Bonchev–Trinajstić information content (AvgIpc) is 2.74. The molecule has 0 saturated heterocycles. The average molecular weight is 305 g/mol. The minimum absolute atomic E-state index is 0.132. The summed E-state index contributed by atoms with van der Waals surface area (Å²) >= 11 is 0. The molecule has 0 N–H and O–H groups in total. The minimum Gasteiger partial charge on any atom is -0.465 e. The summed E-state index contributed by atoms with van der Waals surface area (Å²) in [5.74, 6) is -3.96. The number of likely N-dealkylation sites (N-methyl/N-ethyl adjacent to an activating group) is 1. The van der Waals surface area contributed by atoms with E-state index in [1.807, 2.05) is 0 Å². The van der Waals surface area contributed by atoms with Crippen LogP contribution in [-0.2, 0) is 23.9 Å². The van der Waals surface area contributed by atoms with Crippen molar-refractivity contribution in [1.82, 2.24) is 0 Å². The smallest absolute Gasteiger partial charge is 0.321 e. The molecule has 0 aliphatic carbocycles. The van der Waals surface area contributed by atoms with E-state index < -0.39 is 23.8 Å². The van der Waals surface area contributed by atoms with Crippen LogP contribution in [0.2, 0.25) is 0 Å². The van der Waals surface area contributed by atoms with Crippen LogP contribution in [0.15, 0.2) is 24.3 Å². The van der Waals surface area contributed by atoms with Crippen molar-refractivity contribution < 1.29 is 23.9 Å². The van der Waals surface area contributed by atoms with Crippen molar-refractivity contribution in [2.45, 2.75) is 19.8 Å². The summed E-state index contributed by atoms with van der Waals surface area (Å²) < 4.78 is 9.94. The van der Waals surface area contributed by atoms with Crippen LogP contribution in [0.5, 0.6) is 0 Å². The molecule has 0 saturated carbocycles. The topological polar surface area (TPSA) is 72.9 Å². The Morgan fingerprint density at radius 2 is 1.68 bits per heavy atom. The van der Waals surface area contributed by atoms with Gasteiger partial charge in [-0.05, 0) is 25.5 Å². The number of carbonyl (C=O) groups is 3.